The van der Waals surface area contributed by atoms with Gasteiger partial charge >= 0.3 is 0 Å². The molecule has 3 atom stereocenters. The number of amides is 1. The van der Waals surface area contributed by atoms with Gasteiger partial charge in [-0.1, -0.05) is 32.3 Å². The second-order valence-electron chi connectivity index (χ2n) is 11.2. The van der Waals surface area contributed by atoms with Crippen LogP contribution in [0.3, 0.4) is 0 Å². The molecular weight excluding hydrogens is 474 g/mol. The first-order valence-electron chi connectivity index (χ1n) is 13.2. The number of carbonyl (C=O) groups is 1. The number of hydrogen-bond donors (Lipinski definition) is 1. The quantitative estimate of drug-likeness (QED) is 0.642. The van der Waals surface area contributed by atoms with Gasteiger partial charge in [0.15, 0.2) is 5.03 Å². The predicted octanol–water partition coefficient (Wildman–Crippen LogP) is 4.24. The summed E-state index contributed by atoms with van der Waals surface area (Å²) >= 11 is 0. The van der Waals surface area contributed by atoms with Crippen LogP contribution in [0.4, 0.5) is 11.6 Å². The highest BCUT2D eigenvalue weighted by Crippen LogP contribution is 2.39. The molecule has 1 amide bonds. The Morgan fingerprint density at radius 1 is 1.03 bits per heavy atom. The Bertz CT molecular complexity index is 1230. The Morgan fingerprint density at radius 2 is 1.81 bits per heavy atom. The van der Waals surface area contributed by atoms with Gasteiger partial charge in [0.05, 0.1) is 5.56 Å². The van der Waals surface area contributed by atoms with Gasteiger partial charge in [0.25, 0.3) is 15.9 Å². The number of sulfonamides is 1. The van der Waals surface area contributed by atoms with E-state index in [1.807, 2.05) is 6.07 Å². The van der Waals surface area contributed by atoms with Crippen LogP contribution in [0.1, 0.15) is 69.7 Å². The SMILES string of the molecule is CC1CCN(c2ncccc2C(=O)NS(=O)(=O)c2cccc(N3CCC4CCCCC4C3)n2)C1(C)C. The van der Waals surface area contributed by atoms with Gasteiger partial charge in [-0.2, -0.15) is 8.42 Å². The van der Waals surface area contributed by atoms with Crippen LogP contribution < -0.4 is 14.5 Å². The van der Waals surface area contributed by atoms with E-state index in [0.717, 1.165) is 38.4 Å². The molecule has 3 fully saturated rings. The van der Waals surface area contributed by atoms with Crippen LogP contribution in [0.5, 0.6) is 0 Å². The van der Waals surface area contributed by atoms with Gasteiger partial charge in [0, 0.05) is 31.4 Å². The lowest BCUT2D eigenvalue weighted by atomic mass is 9.75. The van der Waals surface area contributed by atoms with E-state index in [9.17, 15) is 13.2 Å². The zero-order chi connectivity index (χ0) is 25.5. The van der Waals surface area contributed by atoms with E-state index in [1.54, 1.807) is 24.4 Å². The zero-order valence-corrected chi connectivity index (χ0v) is 22.3. The fraction of sp³-hybridized carbons (Fsp3) is 0.593. The fourth-order valence-corrected chi connectivity index (χ4v) is 7.10. The largest absolute Gasteiger partial charge is 0.356 e. The number of piperidine rings is 1. The third-order valence-electron chi connectivity index (χ3n) is 8.80. The van der Waals surface area contributed by atoms with Crippen LogP contribution in [0, 0.1) is 17.8 Å². The van der Waals surface area contributed by atoms with Crippen molar-refractivity contribution in [2.45, 2.75) is 69.9 Å². The van der Waals surface area contributed by atoms with Crippen LogP contribution in [0.25, 0.3) is 0 Å². The molecule has 9 heteroatoms. The lowest BCUT2D eigenvalue weighted by molar-refractivity contribution is 0.0981. The Morgan fingerprint density at radius 3 is 2.56 bits per heavy atom. The van der Waals surface area contributed by atoms with Crippen molar-refractivity contribution in [3.8, 4) is 0 Å². The third-order valence-corrected chi connectivity index (χ3v) is 10.0. The molecule has 3 aliphatic rings. The van der Waals surface area contributed by atoms with E-state index in [0.29, 0.717) is 23.5 Å². The second kappa shape index (κ2) is 9.65. The summed E-state index contributed by atoms with van der Waals surface area (Å²) in [5.41, 5.74) is 0.0583. The van der Waals surface area contributed by atoms with Crippen molar-refractivity contribution in [3.05, 3.63) is 42.1 Å². The number of anilines is 2. The van der Waals surface area contributed by atoms with Crippen LogP contribution in [0.2, 0.25) is 0 Å². The summed E-state index contributed by atoms with van der Waals surface area (Å²) < 4.78 is 28.7. The van der Waals surface area contributed by atoms with Crippen LogP contribution in [-0.4, -0.2) is 49.5 Å². The molecule has 0 radical (unpaired) electrons. The molecule has 1 N–H and O–H groups in total. The summed E-state index contributed by atoms with van der Waals surface area (Å²) in [5.74, 6) is 2.32. The van der Waals surface area contributed by atoms with Crippen LogP contribution in [0.15, 0.2) is 41.6 Å². The van der Waals surface area contributed by atoms with E-state index in [2.05, 4.69) is 45.3 Å². The Labute approximate surface area is 214 Å². The molecule has 194 valence electrons. The first-order valence-corrected chi connectivity index (χ1v) is 14.7. The predicted molar refractivity (Wildman–Crippen MR) is 141 cm³/mol. The maximum absolute atomic E-state index is 13.3. The van der Waals surface area contributed by atoms with Crippen LogP contribution in [-0.2, 0) is 10.0 Å². The lowest BCUT2D eigenvalue weighted by Crippen LogP contribution is -2.43. The first kappa shape index (κ1) is 25.0. The number of rotatable bonds is 5. The highest BCUT2D eigenvalue weighted by atomic mass is 32.2. The molecule has 2 saturated heterocycles. The number of pyridine rings is 2. The first-order chi connectivity index (χ1) is 17.2. The Kier molecular flexibility index (Phi) is 6.70. The molecule has 1 saturated carbocycles. The number of aromatic nitrogens is 2. The van der Waals surface area contributed by atoms with Gasteiger partial charge in [-0.25, -0.2) is 14.7 Å². The molecular formula is C27H37N5O3S. The second-order valence-corrected chi connectivity index (χ2v) is 12.8. The zero-order valence-electron chi connectivity index (χ0n) is 21.5. The van der Waals surface area contributed by atoms with Gasteiger partial charge in [-0.15, -0.1) is 0 Å². The normalized spacial score (nSPS) is 25.9. The number of fused-ring (bicyclic) bond motifs is 1. The maximum Gasteiger partial charge on any atom is 0.281 e. The summed E-state index contributed by atoms with van der Waals surface area (Å²) in [4.78, 5) is 26.5. The average Bonchev–Trinajstić information content (AvgIpc) is 3.15. The molecule has 8 nitrogen and oxygen atoms in total. The number of nitrogens with zero attached hydrogens (tertiary/aromatic N) is 4. The van der Waals surface area contributed by atoms with Gasteiger partial charge in [0.2, 0.25) is 0 Å². The summed E-state index contributed by atoms with van der Waals surface area (Å²) in [6.07, 6.45) is 8.87. The van der Waals surface area contributed by atoms with E-state index in [-0.39, 0.29) is 16.1 Å². The standard InChI is InChI=1S/C27H37N5O3S/c1-19-13-17-32(27(19,2)3)25-22(10-7-15-28-25)26(33)30-36(34,35)24-12-6-11-23(29-24)31-16-14-20-8-4-5-9-21(20)18-31/h6-7,10-12,15,19-21H,4-5,8-9,13-14,16-18H2,1-3H3,(H,30,33). The van der Waals surface area contributed by atoms with Crippen molar-refractivity contribution in [2.75, 3.05) is 29.4 Å². The van der Waals surface area contributed by atoms with Gasteiger partial charge in [0.1, 0.15) is 11.6 Å². The highest BCUT2D eigenvalue weighted by molar-refractivity contribution is 7.90. The number of carbonyl (C=O) groups excluding carboxylic acids is 1. The molecule has 1 aliphatic carbocycles. The van der Waals surface area contributed by atoms with Gasteiger partial charge < -0.3 is 9.80 Å². The third kappa shape index (κ3) is 4.69. The number of hydrogen-bond acceptors (Lipinski definition) is 7. The molecule has 4 heterocycles. The van der Waals surface area contributed by atoms with Gasteiger partial charge in [-0.05, 0) is 75.1 Å². The van der Waals surface area contributed by atoms with Crippen LogP contribution >= 0.6 is 0 Å². The van der Waals surface area contributed by atoms with E-state index >= 15 is 0 Å². The van der Waals surface area contributed by atoms with Crippen molar-refractivity contribution >= 4 is 27.6 Å². The Hall–Kier alpha value is -2.68. The molecule has 36 heavy (non-hydrogen) atoms. The molecule has 2 aromatic rings. The van der Waals surface area contributed by atoms with Gasteiger partial charge in [-0.3, -0.25) is 4.79 Å². The molecule has 0 aromatic carbocycles. The summed E-state index contributed by atoms with van der Waals surface area (Å²) in [6, 6.07) is 8.30. The average molecular weight is 512 g/mol. The highest BCUT2D eigenvalue weighted by Gasteiger charge is 2.41. The lowest BCUT2D eigenvalue weighted by Gasteiger charge is -2.41. The molecule has 0 spiro atoms. The monoisotopic (exact) mass is 511 g/mol. The molecule has 5 rings (SSSR count). The maximum atomic E-state index is 13.3. The molecule has 0 bridgehead atoms. The smallest absolute Gasteiger partial charge is 0.281 e. The molecule has 2 aliphatic heterocycles. The minimum Gasteiger partial charge on any atom is -0.356 e. The summed E-state index contributed by atoms with van der Waals surface area (Å²) in [5, 5.41) is -0.139. The van der Waals surface area contributed by atoms with Crippen molar-refractivity contribution in [3.63, 3.8) is 0 Å². The van der Waals surface area contributed by atoms with Crippen molar-refractivity contribution in [1.82, 2.24) is 14.7 Å². The summed E-state index contributed by atoms with van der Waals surface area (Å²) in [7, 11) is -4.16. The van der Waals surface area contributed by atoms with E-state index < -0.39 is 15.9 Å². The van der Waals surface area contributed by atoms with Crippen molar-refractivity contribution < 1.29 is 13.2 Å². The minimum atomic E-state index is -4.16. The fourth-order valence-electron chi connectivity index (χ4n) is 6.17. The molecule has 2 aromatic heterocycles. The van der Waals surface area contributed by atoms with E-state index in [4.69, 9.17) is 0 Å². The summed E-state index contributed by atoms with van der Waals surface area (Å²) in [6.45, 7) is 9.00. The Balaban J connectivity index is 1.35. The van der Waals surface area contributed by atoms with Crippen molar-refractivity contribution in [1.29, 1.82) is 0 Å². The molecule has 3 unspecified atom stereocenters. The van der Waals surface area contributed by atoms with Crippen molar-refractivity contribution in [2.24, 2.45) is 17.8 Å². The minimum absolute atomic E-state index is 0.139. The van der Waals surface area contributed by atoms with E-state index in [1.165, 1.54) is 31.7 Å². The number of nitrogens with one attached hydrogen (secondary N) is 1. The topological polar surface area (TPSA) is 95.5 Å².